The van der Waals surface area contributed by atoms with Crippen molar-refractivity contribution in [3.05, 3.63) is 24.5 Å². The van der Waals surface area contributed by atoms with Crippen molar-refractivity contribution in [1.82, 2.24) is 24.7 Å². The van der Waals surface area contributed by atoms with E-state index in [1.54, 1.807) is 17.6 Å². The third-order valence-electron chi connectivity index (χ3n) is 5.24. The fourth-order valence-corrected chi connectivity index (χ4v) is 3.66. The minimum absolute atomic E-state index is 0.00318. The number of aliphatic hydroxyl groups is 2. The molecular weight excluding hydrogens is 396 g/mol. The minimum Gasteiger partial charge on any atom is -0.473 e. The van der Waals surface area contributed by atoms with E-state index >= 15 is 0 Å². The van der Waals surface area contributed by atoms with Gasteiger partial charge in [0.25, 0.3) is 5.88 Å². The van der Waals surface area contributed by atoms with Crippen LogP contribution in [0.3, 0.4) is 0 Å². The van der Waals surface area contributed by atoms with Crippen LogP contribution in [-0.4, -0.2) is 79.1 Å². The lowest BCUT2D eigenvalue weighted by molar-refractivity contribution is -0.0481. The summed E-state index contributed by atoms with van der Waals surface area (Å²) in [6.07, 6.45) is -0.176. The first-order chi connectivity index (χ1) is 14.6. The second kappa shape index (κ2) is 7.80. The van der Waals surface area contributed by atoms with Crippen molar-refractivity contribution in [2.45, 2.75) is 43.9 Å². The number of aryl methyl sites for hydroxylation is 1. The van der Waals surface area contributed by atoms with Crippen molar-refractivity contribution in [2.75, 3.05) is 25.1 Å². The standard InChI is InChI=1S/C18H22N6O6/c1-9-4-12(23-30-9)28-6-11-14(25)15(26)18(29-11)24-8-21-13-16(19-7-20-17(13)24)22-10-2-3-27-5-10/h4,7-8,10-11,14-15,18,25-26H,2-3,5-6H2,1H3,(H,19,20,22)/t10?,11-,14+,15+,18-/m1/s1. The number of ether oxygens (including phenoxy) is 3. The van der Waals surface area contributed by atoms with Gasteiger partial charge in [-0.1, -0.05) is 0 Å². The summed E-state index contributed by atoms with van der Waals surface area (Å²) in [4.78, 5) is 13.0. The van der Waals surface area contributed by atoms with Crippen LogP contribution in [0.4, 0.5) is 5.82 Å². The number of fused-ring (bicyclic) bond motifs is 1. The molecule has 5 heterocycles. The lowest BCUT2D eigenvalue weighted by atomic mass is 10.1. The zero-order valence-electron chi connectivity index (χ0n) is 16.2. The van der Waals surface area contributed by atoms with Crippen molar-refractivity contribution in [1.29, 1.82) is 0 Å². The first kappa shape index (κ1) is 19.2. The fourth-order valence-electron chi connectivity index (χ4n) is 3.66. The third kappa shape index (κ3) is 3.47. The highest BCUT2D eigenvalue weighted by molar-refractivity contribution is 5.82. The number of aliphatic hydroxyl groups excluding tert-OH is 2. The molecule has 0 aliphatic carbocycles. The molecule has 0 spiro atoms. The molecular formula is C18H22N6O6. The lowest BCUT2D eigenvalue weighted by Crippen LogP contribution is -2.34. The number of imidazole rings is 1. The Morgan fingerprint density at radius 1 is 1.27 bits per heavy atom. The Hall–Kier alpha value is -2.80. The summed E-state index contributed by atoms with van der Waals surface area (Å²) >= 11 is 0. The summed E-state index contributed by atoms with van der Waals surface area (Å²) in [7, 11) is 0. The van der Waals surface area contributed by atoms with Gasteiger partial charge in [0.05, 0.1) is 19.0 Å². The second-order valence-electron chi connectivity index (χ2n) is 7.38. The number of anilines is 1. The predicted octanol–water partition coefficient (Wildman–Crippen LogP) is 0.0217. The van der Waals surface area contributed by atoms with Crippen LogP contribution in [-0.2, 0) is 9.47 Å². The Kier molecular flexibility index (Phi) is 4.98. The number of rotatable bonds is 6. The maximum Gasteiger partial charge on any atom is 0.254 e. The maximum absolute atomic E-state index is 10.6. The highest BCUT2D eigenvalue weighted by Crippen LogP contribution is 2.32. The molecule has 3 N–H and O–H groups in total. The van der Waals surface area contributed by atoms with Gasteiger partial charge in [0.15, 0.2) is 23.2 Å². The van der Waals surface area contributed by atoms with Crippen molar-refractivity contribution in [3.8, 4) is 5.88 Å². The van der Waals surface area contributed by atoms with E-state index in [4.69, 9.17) is 18.7 Å². The number of aromatic nitrogens is 5. The van der Waals surface area contributed by atoms with Gasteiger partial charge in [-0.25, -0.2) is 15.0 Å². The van der Waals surface area contributed by atoms with Gasteiger partial charge < -0.3 is 34.3 Å². The zero-order chi connectivity index (χ0) is 20.7. The monoisotopic (exact) mass is 418 g/mol. The Morgan fingerprint density at radius 2 is 2.17 bits per heavy atom. The van der Waals surface area contributed by atoms with E-state index < -0.39 is 24.5 Å². The molecule has 12 heteroatoms. The van der Waals surface area contributed by atoms with E-state index in [0.717, 1.165) is 6.42 Å². The summed E-state index contributed by atoms with van der Waals surface area (Å²) < 4.78 is 23.3. The van der Waals surface area contributed by atoms with E-state index in [1.165, 1.54) is 12.7 Å². The molecule has 2 aliphatic heterocycles. The highest BCUT2D eigenvalue weighted by atomic mass is 16.6. The molecule has 1 unspecified atom stereocenters. The molecule has 2 fully saturated rings. The molecule has 160 valence electrons. The summed E-state index contributed by atoms with van der Waals surface area (Å²) in [5.41, 5.74) is 1.03. The van der Waals surface area contributed by atoms with Gasteiger partial charge in [0, 0.05) is 12.7 Å². The van der Waals surface area contributed by atoms with Crippen LogP contribution in [0.25, 0.3) is 11.2 Å². The second-order valence-corrected chi connectivity index (χ2v) is 7.38. The smallest absolute Gasteiger partial charge is 0.254 e. The van der Waals surface area contributed by atoms with E-state index in [-0.39, 0.29) is 18.5 Å². The van der Waals surface area contributed by atoms with Gasteiger partial charge in [-0.3, -0.25) is 4.57 Å². The van der Waals surface area contributed by atoms with Crippen LogP contribution in [0, 0.1) is 6.92 Å². The third-order valence-corrected chi connectivity index (χ3v) is 5.24. The van der Waals surface area contributed by atoms with Gasteiger partial charge in [-0.2, -0.15) is 0 Å². The largest absolute Gasteiger partial charge is 0.473 e. The van der Waals surface area contributed by atoms with Gasteiger partial charge in [0.2, 0.25) is 0 Å². The first-order valence-corrected chi connectivity index (χ1v) is 9.69. The van der Waals surface area contributed by atoms with Crippen molar-refractivity contribution < 1.29 is 28.9 Å². The van der Waals surface area contributed by atoms with Gasteiger partial charge >= 0.3 is 0 Å². The number of nitrogens with zero attached hydrogens (tertiary/aromatic N) is 5. The molecule has 3 aromatic rings. The van der Waals surface area contributed by atoms with Crippen LogP contribution in [0.15, 0.2) is 23.2 Å². The van der Waals surface area contributed by atoms with Crippen LogP contribution < -0.4 is 10.1 Å². The normalized spacial score (nSPS) is 29.0. The molecule has 0 bridgehead atoms. The SMILES string of the molecule is Cc1cc(OC[C@H]2O[C@@H](n3cnc4c(NC5CCOC5)ncnc43)[C@@H](O)[C@H]2O)no1. The van der Waals surface area contributed by atoms with Crippen LogP contribution >= 0.6 is 0 Å². The molecule has 0 amide bonds. The van der Waals surface area contributed by atoms with E-state index in [0.29, 0.717) is 36.0 Å². The van der Waals surface area contributed by atoms with Crippen LogP contribution in [0.2, 0.25) is 0 Å². The van der Waals surface area contributed by atoms with Crippen molar-refractivity contribution >= 4 is 17.0 Å². The summed E-state index contributed by atoms with van der Waals surface area (Å²) in [5, 5.41) is 28.1. The number of hydrogen-bond donors (Lipinski definition) is 3. The van der Waals surface area contributed by atoms with E-state index in [1.807, 2.05) is 0 Å². The Labute approximate surface area is 170 Å². The van der Waals surface area contributed by atoms with Crippen LogP contribution in [0.1, 0.15) is 18.4 Å². The molecule has 0 saturated carbocycles. The Balaban J connectivity index is 1.34. The van der Waals surface area contributed by atoms with E-state index in [2.05, 4.69) is 25.4 Å². The van der Waals surface area contributed by atoms with E-state index in [9.17, 15) is 10.2 Å². The number of nitrogens with one attached hydrogen (secondary N) is 1. The Morgan fingerprint density at radius 3 is 2.93 bits per heavy atom. The fraction of sp³-hybridized carbons (Fsp3) is 0.556. The molecule has 0 aromatic carbocycles. The lowest BCUT2D eigenvalue weighted by Gasteiger charge is -2.17. The maximum atomic E-state index is 10.6. The van der Waals surface area contributed by atoms with Gasteiger partial charge in [-0.05, 0) is 18.5 Å². The topological polar surface area (TPSA) is 150 Å². The Bertz CT molecular complexity index is 1020. The number of hydrogen-bond acceptors (Lipinski definition) is 11. The molecule has 3 aromatic heterocycles. The van der Waals surface area contributed by atoms with Crippen molar-refractivity contribution in [2.24, 2.45) is 0 Å². The minimum atomic E-state index is -1.19. The molecule has 2 aliphatic rings. The first-order valence-electron chi connectivity index (χ1n) is 9.69. The predicted molar refractivity (Wildman–Crippen MR) is 101 cm³/mol. The molecule has 12 nitrogen and oxygen atoms in total. The van der Waals surface area contributed by atoms with Gasteiger partial charge in [0.1, 0.15) is 37.0 Å². The highest BCUT2D eigenvalue weighted by Gasteiger charge is 2.45. The summed E-state index contributed by atoms with van der Waals surface area (Å²) in [5.74, 6) is 1.48. The average molecular weight is 418 g/mol. The molecule has 5 atom stereocenters. The quantitative estimate of drug-likeness (QED) is 0.497. The molecule has 5 rings (SSSR count). The molecule has 2 saturated heterocycles. The van der Waals surface area contributed by atoms with Gasteiger partial charge in [-0.15, -0.1) is 0 Å². The summed E-state index contributed by atoms with van der Waals surface area (Å²) in [6, 6.07) is 1.78. The molecule has 30 heavy (non-hydrogen) atoms. The van der Waals surface area contributed by atoms with Crippen molar-refractivity contribution in [3.63, 3.8) is 0 Å². The van der Waals surface area contributed by atoms with Crippen LogP contribution in [0.5, 0.6) is 5.88 Å². The summed E-state index contributed by atoms with van der Waals surface area (Å²) in [6.45, 7) is 3.06. The zero-order valence-corrected chi connectivity index (χ0v) is 16.2. The molecule has 0 radical (unpaired) electrons. The average Bonchev–Trinajstić information content (AvgIpc) is 3.52.